The van der Waals surface area contributed by atoms with Crippen molar-refractivity contribution in [3.8, 4) is 5.75 Å². The van der Waals surface area contributed by atoms with Gasteiger partial charge in [-0.3, -0.25) is 5.01 Å². The van der Waals surface area contributed by atoms with Crippen LogP contribution in [0.4, 0.5) is 11.4 Å². The number of aromatic hydroxyl groups is 1. The van der Waals surface area contributed by atoms with Crippen molar-refractivity contribution in [2.45, 2.75) is 17.9 Å². The number of rotatable bonds is 4. The van der Waals surface area contributed by atoms with Crippen molar-refractivity contribution in [2.24, 2.45) is 15.3 Å². The zero-order chi connectivity index (χ0) is 18.9. The summed E-state index contributed by atoms with van der Waals surface area (Å²) in [7, 11) is -3.40. The minimum atomic E-state index is -3.40. The number of hydrogen-bond acceptors (Lipinski definition) is 7. The zero-order valence-electron chi connectivity index (χ0n) is 14.2. The van der Waals surface area contributed by atoms with Gasteiger partial charge in [0, 0.05) is 11.3 Å². The first-order valence-electron chi connectivity index (χ1n) is 7.76. The fourth-order valence-corrected chi connectivity index (χ4v) is 3.29. The molecule has 1 aliphatic rings. The van der Waals surface area contributed by atoms with Crippen molar-refractivity contribution in [1.29, 1.82) is 0 Å². The van der Waals surface area contributed by atoms with E-state index in [1.807, 2.05) is 19.1 Å². The van der Waals surface area contributed by atoms with Crippen molar-refractivity contribution in [2.75, 3.05) is 17.8 Å². The van der Waals surface area contributed by atoms with Crippen LogP contribution in [0.2, 0.25) is 5.02 Å². The van der Waals surface area contributed by atoms with Crippen LogP contribution in [0.25, 0.3) is 0 Å². The Balaban J connectivity index is 1.81. The molecule has 1 N–H and O–H groups in total. The Morgan fingerprint density at radius 3 is 2.73 bits per heavy atom. The SMILES string of the molecule is CC1=NN(c2cccc(Cl)c2)CC1N=Nc1cc(S(C)(=O)=O)ccc1O. The number of benzene rings is 2. The second-order valence-electron chi connectivity index (χ2n) is 5.96. The normalized spacial score (nSPS) is 17.7. The van der Waals surface area contributed by atoms with Gasteiger partial charge in [-0.25, -0.2) is 8.42 Å². The summed E-state index contributed by atoms with van der Waals surface area (Å²) in [5.74, 6) is -0.138. The fourth-order valence-electron chi connectivity index (χ4n) is 2.46. The van der Waals surface area contributed by atoms with Crippen LogP contribution in [0.5, 0.6) is 5.75 Å². The predicted octanol–water partition coefficient (Wildman–Crippen LogP) is 3.80. The van der Waals surface area contributed by atoms with Crippen molar-refractivity contribution in [3.63, 3.8) is 0 Å². The van der Waals surface area contributed by atoms with Gasteiger partial charge in [0.2, 0.25) is 0 Å². The van der Waals surface area contributed by atoms with Crippen LogP contribution in [0.15, 0.2) is 62.7 Å². The summed E-state index contributed by atoms with van der Waals surface area (Å²) < 4.78 is 23.3. The van der Waals surface area contributed by atoms with E-state index in [4.69, 9.17) is 11.6 Å². The van der Waals surface area contributed by atoms with Crippen LogP contribution in [-0.4, -0.2) is 38.1 Å². The Kier molecular flexibility index (Phi) is 4.97. The van der Waals surface area contributed by atoms with Crippen molar-refractivity contribution in [3.05, 3.63) is 47.5 Å². The number of halogens is 1. The molecule has 2 aromatic rings. The van der Waals surface area contributed by atoms with Crippen molar-refractivity contribution >= 4 is 38.5 Å². The lowest BCUT2D eigenvalue weighted by Gasteiger charge is -2.14. The van der Waals surface area contributed by atoms with Gasteiger partial charge in [0.1, 0.15) is 17.5 Å². The smallest absolute Gasteiger partial charge is 0.175 e. The third kappa shape index (κ3) is 4.03. The molecule has 1 heterocycles. The first-order chi connectivity index (χ1) is 12.2. The van der Waals surface area contributed by atoms with Crippen LogP contribution in [0.1, 0.15) is 6.92 Å². The molecule has 0 bridgehead atoms. The summed E-state index contributed by atoms with van der Waals surface area (Å²) in [6.07, 6.45) is 1.09. The Hall–Kier alpha value is -2.45. The molecular formula is C17H17ClN4O3S. The minimum Gasteiger partial charge on any atom is -0.506 e. The summed E-state index contributed by atoms with van der Waals surface area (Å²) in [4.78, 5) is 0.0709. The summed E-state index contributed by atoms with van der Waals surface area (Å²) in [6, 6.07) is 10.9. The molecule has 0 fully saturated rings. The van der Waals surface area contributed by atoms with E-state index in [0.29, 0.717) is 11.6 Å². The second-order valence-corrected chi connectivity index (χ2v) is 8.41. The first kappa shape index (κ1) is 18.3. The van der Waals surface area contributed by atoms with Crippen LogP contribution in [-0.2, 0) is 9.84 Å². The molecule has 26 heavy (non-hydrogen) atoms. The van der Waals surface area contributed by atoms with Crippen molar-refractivity contribution < 1.29 is 13.5 Å². The van der Waals surface area contributed by atoms with E-state index in [0.717, 1.165) is 17.7 Å². The molecule has 2 aromatic carbocycles. The summed E-state index contributed by atoms with van der Waals surface area (Å²) in [5, 5.41) is 25.0. The third-order valence-electron chi connectivity index (χ3n) is 3.89. The van der Waals surface area contributed by atoms with Gasteiger partial charge in [0.15, 0.2) is 9.84 Å². The van der Waals surface area contributed by atoms with E-state index in [1.165, 1.54) is 18.2 Å². The zero-order valence-corrected chi connectivity index (χ0v) is 15.7. The molecule has 0 saturated heterocycles. The van der Waals surface area contributed by atoms with Gasteiger partial charge in [0.25, 0.3) is 0 Å². The maximum absolute atomic E-state index is 11.6. The van der Waals surface area contributed by atoms with Crippen LogP contribution >= 0.6 is 11.6 Å². The molecule has 0 amide bonds. The van der Waals surface area contributed by atoms with E-state index >= 15 is 0 Å². The van der Waals surface area contributed by atoms with Gasteiger partial charge in [-0.2, -0.15) is 15.3 Å². The second kappa shape index (κ2) is 7.05. The van der Waals surface area contributed by atoms with E-state index in [-0.39, 0.29) is 22.4 Å². The molecule has 0 spiro atoms. The van der Waals surface area contributed by atoms with Crippen LogP contribution < -0.4 is 5.01 Å². The molecule has 0 aliphatic carbocycles. The molecule has 1 aliphatic heterocycles. The summed E-state index contributed by atoms with van der Waals surface area (Å²) in [5.41, 5.74) is 1.70. The van der Waals surface area contributed by atoms with E-state index < -0.39 is 9.84 Å². The Morgan fingerprint density at radius 2 is 2.04 bits per heavy atom. The molecule has 1 atom stereocenters. The molecule has 0 radical (unpaired) electrons. The van der Waals surface area contributed by atoms with E-state index in [2.05, 4.69) is 15.3 Å². The highest BCUT2D eigenvalue weighted by Gasteiger charge is 2.24. The number of anilines is 1. The monoisotopic (exact) mass is 392 g/mol. The molecule has 3 rings (SSSR count). The lowest BCUT2D eigenvalue weighted by molar-refractivity contribution is 0.475. The third-order valence-corrected chi connectivity index (χ3v) is 5.24. The minimum absolute atomic E-state index is 0.0709. The summed E-state index contributed by atoms with van der Waals surface area (Å²) in [6.45, 7) is 2.31. The highest BCUT2D eigenvalue weighted by molar-refractivity contribution is 7.90. The topological polar surface area (TPSA) is 94.7 Å². The standard InChI is InChI=1S/C17H17ClN4O3S/c1-11-16(10-22(21-11)13-5-3-4-12(18)8-13)20-19-15-9-14(26(2,24)25)6-7-17(15)23/h3-9,16,23H,10H2,1-2H3. The Morgan fingerprint density at radius 1 is 1.27 bits per heavy atom. The maximum Gasteiger partial charge on any atom is 0.175 e. The average Bonchev–Trinajstić information content (AvgIpc) is 2.94. The number of sulfone groups is 1. The highest BCUT2D eigenvalue weighted by Crippen LogP contribution is 2.30. The fraction of sp³-hybridized carbons (Fsp3) is 0.235. The largest absolute Gasteiger partial charge is 0.506 e. The highest BCUT2D eigenvalue weighted by atomic mass is 35.5. The number of hydrogen-bond donors (Lipinski definition) is 1. The molecule has 0 saturated carbocycles. The lowest BCUT2D eigenvalue weighted by Crippen LogP contribution is -2.21. The molecule has 136 valence electrons. The molecule has 1 unspecified atom stereocenters. The number of phenolic OH excluding ortho intramolecular Hbond substituents is 1. The summed E-state index contributed by atoms with van der Waals surface area (Å²) >= 11 is 6.01. The number of phenols is 1. The van der Waals surface area contributed by atoms with Crippen molar-refractivity contribution in [1.82, 2.24) is 0 Å². The van der Waals surface area contributed by atoms with Crippen LogP contribution in [0.3, 0.4) is 0 Å². The number of azo groups is 1. The van der Waals surface area contributed by atoms with Gasteiger partial charge in [-0.1, -0.05) is 17.7 Å². The van der Waals surface area contributed by atoms with Gasteiger partial charge in [0.05, 0.1) is 22.8 Å². The van der Waals surface area contributed by atoms with E-state index in [9.17, 15) is 13.5 Å². The van der Waals surface area contributed by atoms with Gasteiger partial charge >= 0.3 is 0 Å². The predicted molar refractivity (Wildman–Crippen MR) is 101 cm³/mol. The molecular weight excluding hydrogens is 376 g/mol. The average molecular weight is 393 g/mol. The Labute approximate surface area is 156 Å². The molecule has 9 heteroatoms. The lowest BCUT2D eigenvalue weighted by atomic mass is 10.2. The molecule has 0 aromatic heterocycles. The first-order valence-corrected chi connectivity index (χ1v) is 10.0. The molecule has 7 nitrogen and oxygen atoms in total. The van der Waals surface area contributed by atoms with E-state index in [1.54, 1.807) is 17.1 Å². The maximum atomic E-state index is 11.6. The van der Waals surface area contributed by atoms with Gasteiger partial charge in [-0.05, 0) is 43.3 Å². The van der Waals surface area contributed by atoms with Gasteiger partial charge < -0.3 is 5.11 Å². The quantitative estimate of drug-likeness (QED) is 0.800. The van der Waals surface area contributed by atoms with Crippen LogP contribution in [0, 0.1) is 0 Å². The number of hydrazone groups is 1. The number of nitrogens with zero attached hydrogens (tertiary/aromatic N) is 4. The van der Waals surface area contributed by atoms with Gasteiger partial charge in [-0.15, -0.1) is 0 Å². The Bertz CT molecular complexity index is 1000.